The van der Waals surface area contributed by atoms with Crippen molar-refractivity contribution in [2.24, 2.45) is 0 Å². The Kier molecular flexibility index (Phi) is 3.19. The SMILES string of the molecule is C(=C(c1ccccc1)n1ccnn1)c1ccccc1. The Balaban J connectivity index is 2.10. The average molecular weight is 247 g/mol. The minimum Gasteiger partial charge on any atom is -0.220 e. The van der Waals surface area contributed by atoms with E-state index in [9.17, 15) is 0 Å². The van der Waals surface area contributed by atoms with Crippen molar-refractivity contribution in [3.8, 4) is 0 Å². The standard InChI is InChI=1S/C16H13N3/c1-3-7-14(8-4-1)13-16(19-12-11-17-18-19)15-9-5-2-6-10-15/h1-13H. The van der Waals surface area contributed by atoms with Crippen LogP contribution in [0.2, 0.25) is 0 Å². The van der Waals surface area contributed by atoms with Crippen molar-refractivity contribution in [3.05, 3.63) is 84.2 Å². The smallest absolute Gasteiger partial charge is 0.0741 e. The largest absolute Gasteiger partial charge is 0.220 e. The van der Waals surface area contributed by atoms with Gasteiger partial charge in [-0.2, -0.15) is 0 Å². The van der Waals surface area contributed by atoms with Gasteiger partial charge in [0.05, 0.1) is 18.1 Å². The Morgan fingerprint density at radius 2 is 1.58 bits per heavy atom. The summed E-state index contributed by atoms with van der Waals surface area (Å²) in [5.74, 6) is 0. The molecule has 2 aromatic carbocycles. The van der Waals surface area contributed by atoms with Gasteiger partial charge in [-0.05, 0) is 11.6 Å². The van der Waals surface area contributed by atoms with Gasteiger partial charge in [-0.25, -0.2) is 4.68 Å². The van der Waals surface area contributed by atoms with Gasteiger partial charge in [0, 0.05) is 5.56 Å². The quantitative estimate of drug-likeness (QED) is 0.665. The molecule has 1 heterocycles. The monoisotopic (exact) mass is 247 g/mol. The lowest BCUT2D eigenvalue weighted by Gasteiger charge is -2.07. The van der Waals surface area contributed by atoms with E-state index in [1.54, 1.807) is 10.9 Å². The summed E-state index contributed by atoms with van der Waals surface area (Å²) < 4.78 is 1.78. The van der Waals surface area contributed by atoms with E-state index in [0.717, 1.165) is 16.8 Å². The Labute approximate surface area is 111 Å². The molecule has 0 N–H and O–H groups in total. The summed E-state index contributed by atoms with van der Waals surface area (Å²) in [7, 11) is 0. The lowest BCUT2D eigenvalue weighted by molar-refractivity contribution is 0.823. The Bertz CT molecular complexity index is 656. The first-order chi connectivity index (χ1) is 9.43. The van der Waals surface area contributed by atoms with Crippen molar-refractivity contribution < 1.29 is 0 Å². The molecular formula is C16H13N3. The maximum atomic E-state index is 4.09. The summed E-state index contributed by atoms with van der Waals surface area (Å²) in [4.78, 5) is 0. The summed E-state index contributed by atoms with van der Waals surface area (Å²) in [6.07, 6.45) is 5.63. The molecule has 0 radical (unpaired) electrons. The molecule has 3 aromatic rings. The van der Waals surface area contributed by atoms with Gasteiger partial charge in [-0.3, -0.25) is 0 Å². The van der Waals surface area contributed by atoms with Crippen LogP contribution in [0.25, 0.3) is 11.8 Å². The molecule has 0 spiro atoms. The normalized spacial score (nSPS) is 11.5. The first kappa shape index (κ1) is 11.4. The number of rotatable bonds is 3. The molecule has 0 fully saturated rings. The van der Waals surface area contributed by atoms with E-state index >= 15 is 0 Å². The Morgan fingerprint density at radius 1 is 0.895 bits per heavy atom. The van der Waals surface area contributed by atoms with Crippen LogP contribution >= 0.6 is 0 Å². The Hall–Kier alpha value is -2.68. The number of benzene rings is 2. The number of aromatic nitrogens is 3. The van der Waals surface area contributed by atoms with Gasteiger partial charge in [-0.15, -0.1) is 5.10 Å². The molecule has 0 aliphatic rings. The summed E-state index contributed by atoms with van der Waals surface area (Å²) in [6, 6.07) is 20.4. The molecule has 1 aromatic heterocycles. The summed E-state index contributed by atoms with van der Waals surface area (Å²) in [5, 5.41) is 7.97. The van der Waals surface area contributed by atoms with Crippen LogP contribution in [0.4, 0.5) is 0 Å². The maximum absolute atomic E-state index is 4.09. The molecule has 0 saturated heterocycles. The zero-order valence-corrected chi connectivity index (χ0v) is 10.3. The lowest BCUT2D eigenvalue weighted by atomic mass is 10.1. The molecule has 3 heteroatoms. The highest BCUT2D eigenvalue weighted by Crippen LogP contribution is 2.19. The van der Waals surface area contributed by atoms with Crippen molar-refractivity contribution in [1.29, 1.82) is 0 Å². The van der Waals surface area contributed by atoms with Crippen LogP contribution in [0.1, 0.15) is 11.1 Å². The van der Waals surface area contributed by atoms with Gasteiger partial charge in [0.1, 0.15) is 0 Å². The topological polar surface area (TPSA) is 30.7 Å². The molecule has 0 aliphatic heterocycles. The molecule has 0 saturated carbocycles. The van der Waals surface area contributed by atoms with E-state index in [1.165, 1.54) is 0 Å². The molecule has 92 valence electrons. The molecule has 19 heavy (non-hydrogen) atoms. The van der Waals surface area contributed by atoms with Crippen LogP contribution in [0.3, 0.4) is 0 Å². The van der Waals surface area contributed by atoms with Crippen LogP contribution in [-0.4, -0.2) is 15.0 Å². The van der Waals surface area contributed by atoms with E-state index in [-0.39, 0.29) is 0 Å². The van der Waals surface area contributed by atoms with E-state index in [4.69, 9.17) is 0 Å². The minimum absolute atomic E-state index is 1.00. The van der Waals surface area contributed by atoms with E-state index in [2.05, 4.69) is 40.7 Å². The van der Waals surface area contributed by atoms with Crippen molar-refractivity contribution >= 4 is 11.8 Å². The van der Waals surface area contributed by atoms with Gasteiger partial charge in [0.15, 0.2) is 0 Å². The predicted octanol–water partition coefficient (Wildman–Crippen LogP) is 3.32. The number of hydrogen-bond acceptors (Lipinski definition) is 2. The van der Waals surface area contributed by atoms with Crippen molar-refractivity contribution in [2.75, 3.05) is 0 Å². The summed E-state index contributed by atoms with van der Waals surface area (Å²) in [5.41, 5.74) is 3.25. The number of nitrogens with zero attached hydrogens (tertiary/aromatic N) is 3. The lowest BCUT2D eigenvalue weighted by Crippen LogP contribution is -1.99. The van der Waals surface area contributed by atoms with Gasteiger partial charge >= 0.3 is 0 Å². The molecule has 0 atom stereocenters. The molecule has 0 amide bonds. The van der Waals surface area contributed by atoms with Crippen LogP contribution in [-0.2, 0) is 0 Å². The third kappa shape index (κ3) is 2.60. The third-order valence-corrected chi connectivity index (χ3v) is 2.84. The van der Waals surface area contributed by atoms with Crippen LogP contribution in [0.15, 0.2) is 73.1 Å². The second-order valence-corrected chi connectivity index (χ2v) is 4.15. The second-order valence-electron chi connectivity index (χ2n) is 4.15. The third-order valence-electron chi connectivity index (χ3n) is 2.84. The highest BCUT2D eigenvalue weighted by molar-refractivity contribution is 5.80. The van der Waals surface area contributed by atoms with E-state index < -0.39 is 0 Å². The Morgan fingerprint density at radius 3 is 2.21 bits per heavy atom. The molecule has 0 bridgehead atoms. The molecule has 0 aliphatic carbocycles. The molecule has 3 nitrogen and oxygen atoms in total. The second kappa shape index (κ2) is 5.31. The number of hydrogen-bond donors (Lipinski definition) is 0. The first-order valence-corrected chi connectivity index (χ1v) is 6.12. The van der Waals surface area contributed by atoms with Crippen LogP contribution in [0.5, 0.6) is 0 Å². The highest BCUT2D eigenvalue weighted by Gasteiger charge is 2.04. The van der Waals surface area contributed by atoms with Crippen molar-refractivity contribution in [1.82, 2.24) is 15.0 Å². The maximum Gasteiger partial charge on any atom is 0.0741 e. The van der Waals surface area contributed by atoms with Gasteiger partial charge in [0.2, 0.25) is 0 Å². The summed E-state index contributed by atoms with van der Waals surface area (Å²) in [6.45, 7) is 0. The van der Waals surface area contributed by atoms with E-state index in [1.807, 2.05) is 42.6 Å². The van der Waals surface area contributed by atoms with Gasteiger partial charge < -0.3 is 0 Å². The molecular weight excluding hydrogens is 234 g/mol. The highest BCUT2D eigenvalue weighted by atomic mass is 15.4. The average Bonchev–Trinajstić information content (AvgIpc) is 3.01. The molecule has 3 rings (SSSR count). The predicted molar refractivity (Wildman–Crippen MR) is 76.2 cm³/mol. The van der Waals surface area contributed by atoms with Crippen LogP contribution < -0.4 is 0 Å². The first-order valence-electron chi connectivity index (χ1n) is 6.12. The molecule has 0 unspecified atom stereocenters. The van der Waals surface area contributed by atoms with Crippen molar-refractivity contribution in [2.45, 2.75) is 0 Å². The minimum atomic E-state index is 1.00. The van der Waals surface area contributed by atoms with Crippen molar-refractivity contribution in [3.63, 3.8) is 0 Å². The van der Waals surface area contributed by atoms with E-state index in [0.29, 0.717) is 0 Å². The van der Waals surface area contributed by atoms with Crippen LogP contribution in [0, 0.1) is 0 Å². The fraction of sp³-hybridized carbons (Fsp3) is 0. The zero-order valence-electron chi connectivity index (χ0n) is 10.3. The summed E-state index contributed by atoms with van der Waals surface area (Å²) >= 11 is 0. The zero-order chi connectivity index (χ0) is 12.9. The van der Waals surface area contributed by atoms with Gasteiger partial charge in [-0.1, -0.05) is 65.9 Å². The fourth-order valence-corrected chi connectivity index (χ4v) is 1.93. The fourth-order valence-electron chi connectivity index (χ4n) is 1.93. The van der Waals surface area contributed by atoms with Gasteiger partial charge in [0.25, 0.3) is 0 Å².